The Labute approximate surface area is 188 Å². The molecule has 3 rings (SSSR count). The number of anilines is 1. The highest BCUT2D eigenvalue weighted by Crippen LogP contribution is 2.32. The van der Waals surface area contributed by atoms with Crippen LogP contribution in [0, 0.1) is 5.82 Å². The summed E-state index contributed by atoms with van der Waals surface area (Å²) in [6.45, 7) is 2.27. The Morgan fingerprint density at radius 3 is 2.44 bits per heavy atom. The van der Waals surface area contributed by atoms with E-state index in [0.29, 0.717) is 32.7 Å². The molecule has 0 bridgehead atoms. The van der Waals surface area contributed by atoms with Crippen LogP contribution in [0.5, 0.6) is 5.75 Å². The fourth-order valence-electron chi connectivity index (χ4n) is 3.26. The van der Waals surface area contributed by atoms with E-state index in [-0.39, 0.29) is 16.3 Å². The number of benzene rings is 2. The third-order valence-corrected chi connectivity index (χ3v) is 5.46. The van der Waals surface area contributed by atoms with Gasteiger partial charge in [-0.05, 0) is 35.9 Å². The van der Waals surface area contributed by atoms with Crippen LogP contribution >= 0.6 is 11.6 Å². The molecule has 6 nitrogen and oxygen atoms in total. The molecular formula is C20H19ClF4N3O3S-. The number of alkyl halides is 3. The summed E-state index contributed by atoms with van der Waals surface area (Å²) in [5.74, 6) is 1.54. The highest BCUT2D eigenvalue weighted by Gasteiger charge is 2.32. The van der Waals surface area contributed by atoms with Crippen LogP contribution in [0.3, 0.4) is 0 Å². The van der Waals surface area contributed by atoms with Gasteiger partial charge in [-0.1, -0.05) is 17.7 Å². The van der Waals surface area contributed by atoms with Crippen LogP contribution < -0.4 is 9.46 Å². The van der Waals surface area contributed by atoms with Crippen LogP contribution in [0.15, 0.2) is 36.4 Å². The SMILES string of the molecule is C=[S-](=O)Nc1ccc(C(=O)N2CCN(Cc3ccc(F)c(Cl)c3)CC2)cc1OC(F)(F)F. The van der Waals surface area contributed by atoms with Gasteiger partial charge in [0, 0.05) is 38.3 Å². The first kappa shape index (κ1) is 24.1. The van der Waals surface area contributed by atoms with Crippen molar-refractivity contribution in [2.45, 2.75) is 12.9 Å². The van der Waals surface area contributed by atoms with Crippen LogP contribution in [0.4, 0.5) is 23.2 Å². The van der Waals surface area contributed by atoms with Crippen LogP contribution in [0.25, 0.3) is 0 Å². The molecule has 174 valence electrons. The number of halogens is 5. The van der Waals surface area contributed by atoms with Gasteiger partial charge in [-0.25, -0.2) is 4.39 Å². The van der Waals surface area contributed by atoms with Gasteiger partial charge in [0.15, 0.2) is 5.75 Å². The maximum absolute atomic E-state index is 13.3. The molecule has 1 fully saturated rings. The number of nitrogens with one attached hydrogen (secondary N) is 1. The van der Waals surface area contributed by atoms with E-state index in [4.69, 9.17) is 11.6 Å². The smallest absolute Gasteiger partial charge is 0.446 e. The van der Waals surface area contributed by atoms with Crippen molar-refractivity contribution in [1.82, 2.24) is 9.80 Å². The molecule has 2 aromatic carbocycles. The zero-order chi connectivity index (χ0) is 23.5. The van der Waals surface area contributed by atoms with E-state index in [2.05, 4.69) is 20.2 Å². The molecule has 0 atom stereocenters. The molecular weight excluding hydrogens is 474 g/mol. The van der Waals surface area contributed by atoms with Crippen LogP contribution in [-0.4, -0.2) is 54.1 Å². The fourth-order valence-corrected chi connectivity index (χ4v) is 3.88. The molecule has 1 aliphatic heterocycles. The summed E-state index contributed by atoms with van der Waals surface area (Å²) in [5, 5.41) is 0.0359. The van der Waals surface area contributed by atoms with E-state index in [1.165, 1.54) is 23.1 Å². The molecule has 0 unspecified atom stereocenters. The normalized spacial score (nSPS) is 15.1. The number of amides is 1. The first-order chi connectivity index (χ1) is 15.0. The second-order valence-corrected chi connectivity index (χ2v) is 8.33. The maximum atomic E-state index is 13.3. The Balaban J connectivity index is 1.67. The Hall–Kier alpha value is -2.50. The summed E-state index contributed by atoms with van der Waals surface area (Å²) in [4.78, 5) is 16.4. The summed E-state index contributed by atoms with van der Waals surface area (Å²) in [6, 6.07) is 7.94. The summed E-state index contributed by atoms with van der Waals surface area (Å²) >= 11 is 5.80. The van der Waals surface area contributed by atoms with Crippen molar-refractivity contribution < 1.29 is 31.3 Å². The monoisotopic (exact) mass is 492 g/mol. The molecule has 12 heteroatoms. The lowest BCUT2D eigenvalue weighted by Gasteiger charge is -2.35. The fraction of sp³-hybridized carbons (Fsp3) is 0.300. The van der Waals surface area contributed by atoms with Crippen molar-refractivity contribution >= 4 is 39.6 Å². The summed E-state index contributed by atoms with van der Waals surface area (Å²) in [7, 11) is -1.88. The van der Waals surface area contributed by atoms with E-state index in [9.17, 15) is 26.6 Å². The topological polar surface area (TPSA) is 61.9 Å². The summed E-state index contributed by atoms with van der Waals surface area (Å²) < 4.78 is 69.0. The van der Waals surface area contributed by atoms with Crippen LogP contribution in [0.1, 0.15) is 15.9 Å². The molecule has 0 saturated carbocycles. The van der Waals surface area contributed by atoms with Gasteiger partial charge >= 0.3 is 6.36 Å². The lowest BCUT2D eigenvalue weighted by Crippen LogP contribution is -2.48. The number of ether oxygens (including phenoxy) is 1. The predicted molar refractivity (Wildman–Crippen MR) is 115 cm³/mol. The molecule has 1 heterocycles. The predicted octanol–water partition coefficient (Wildman–Crippen LogP) is 4.06. The van der Waals surface area contributed by atoms with Gasteiger partial charge < -0.3 is 18.6 Å². The molecule has 0 spiro atoms. The average molecular weight is 493 g/mol. The second-order valence-electron chi connectivity index (χ2n) is 7.02. The minimum atomic E-state index is -4.99. The maximum Gasteiger partial charge on any atom is 0.573 e. The Kier molecular flexibility index (Phi) is 7.52. The quantitative estimate of drug-likeness (QED) is 0.375. The van der Waals surface area contributed by atoms with Crippen molar-refractivity contribution in [3.8, 4) is 5.75 Å². The minimum absolute atomic E-state index is 0.00316. The van der Waals surface area contributed by atoms with Gasteiger partial charge in [0.1, 0.15) is 5.82 Å². The Morgan fingerprint density at radius 1 is 1.16 bits per heavy atom. The van der Waals surface area contributed by atoms with Gasteiger partial charge in [-0.3, -0.25) is 9.69 Å². The zero-order valence-electron chi connectivity index (χ0n) is 16.6. The number of rotatable bonds is 6. The van der Waals surface area contributed by atoms with Crippen molar-refractivity contribution in [3.63, 3.8) is 0 Å². The number of hydrogen-bond donors (Lipinski definition) is 1. The van der Waals surface area contributed by atoms with Gasteiger partial charge in [-0.2, -0.15) is 16.4 Å². The van der Waals surface area contributed by atoms with E-state index in [1.807, 2.05) is 0 Å². The Morgan fingerprint density at radius 2 is 1.84 bits per heavy atom. The summed E-state index contributed by atoms with van der Waals surface area (Å²) in [6.07, 6.45) is -4.99. The average Bonchev–Trinajstić information content (AvgIpc) is 2.71. The molecule has 2 aromatic rings. The molecule has 1 amide bonds. The first-order valence-electron chi connectivity index (χ1n) is 9.35. The first-order valence-corrected chi connectivity index (χ1v) is 11.0. The van der Waals surface area contributed by atoms with E-state index >= 15 is 0 Å². The number of nitrogens with zero attached hydrogens (tertiary/aromatic N) is 2. The van der Waals surface area contributed by atoms with Crippen molar-refractivity contribution in [3.05, 3.63) is 58.4 Å². The molecule has 0 radical (unpaired) electrons. The van der Waals surface area contributed by atoms with Crippen molar-refractivity contribution in [2.24, 2.45) is 0 Å². The van der Waals surface area contributed by atoms with Gasteiger partial charge in [0.25, 0.3) is 5.91 Å². The highest BCUT2D eigenvalue weighted by atomic mass is 35.5. The molecule has 1 aliphatic rings. The molecule has 0 aliphatic carbocycles. The third-order valence-electron chi connectivity index (χ3n) is 4.73. The molecule has 0 aromatic heterocycles. The van der Waals surface area contributed by atoms with Crippen LogP contribution in [0.2, 0.25) is 5.02 Å². The van der Waals surface area contributed by atoms with E-state index in [0.717, 1.165) is 11.6 Å². The minimum Gasteiger partial charge on any atom is -0.446 e. The highest BCUT2D eigenvalue weighted by molar-refractivity contribution is 7.83. The third kappa shape index (κ3) is 6.50. The van der Waals surface area contributed by atoms with E-state index in [1.54, 1.807) is 12.1 Å². The number of hydrogen-bond acceptors (Lipinski definition) is 5. The molecule has 1 N–H and O–H groups in total. The molecule has 1 saturated heterocycles. The number of carbonyl (C=O) groups excluding carboxylic acids is 1. The lowest BCUT2D eigenvalue weighted by atomic mass is 10.1. The standard InChI is InChI=1S/C20H19ClF4N3O3S/c1-32(30)26-17-5-3-14(11-18(17)31-20(23,24)25)19(29)28-8-6-27(7-9-28)12-13-2-4-16(22)15(21)10-13/h2-5,10-11H,1,6-9,12H2,(H,26,30)/q-1. The van der Waals surface area contributed by atoms with Gasteiger partial charge in [-0.15, -0.1) is 13.2 Å². The van der Waals surface area contributed by atoms with Crippen molar-refractivity contribution in [2.75, 3.05) is 30.9 Å². The largest absolute Gasteiger partial charge is 0.573 e. The lowest BCUT2D eigenvalue weighted by molar-refractivity contribution is -0.274. The molecule has 32 heavy (non-hydrogen) atoms. The second kappa shape index (κ2) is 9.97. The van der Waals surface area contributed by atoms with Crippen molar-refractivity contribution in [1.29, 1.82) is 0 Å². The van der Waals surface area contributed by atoms with E-state index < -0.39 is 34.4 Å². The van der Waals surface area contributed by atoms with Gasteiger partial charge in [0.2, 0.25) is 0 Å². The van der Waals surface area contributed by atoms with Crippen LogP contribution in [-0.2, 0) is 21.3 Å². The number of carbonyl (C=O) groups is 1. The summed E-state index contributed by atoms with van der Waals surface area (Å²) in [5.41, 5.74) is 0.634. The zero-order valence-corrected chi connectivity index (χ0v) is 18.2. The Bertz CT molecular complexity index is 1060. The number of piperazine rings is 1. The van der Waals surface area contributed by atoms with Gasteiger partial charge in [0.05, 0.1) is 10.7 Å².